The van der Waals surface area contributed by atoms with E-state index in [1.807, 2.05) is 0 Å². The van der Waals surface area contributed by atoms with Crippen LogP contribution >= 0.6 is 0 Å². The lowest BCUT2D eigenvalue weighted by molar-refractivity contribution is -0.0196. The molecule has 19 heavy (non-hydrogen) atoms. The van der Waals surface area contributed by atoms with Gasteiger partial charge in [0.25, 0.3) is 0 Å². The van der Waals surface area contributed by atoms with Gasteiger partial charge in [-0.25, -0.2) is 0 Å². The number of nitriles is 1. The largest absolute Gasteiger partial charge is 0.400 e. The van der Waals surface area contributed by atoms with Crippen LogP contribution in [0.2, 0.25) is 0 Å². The fraction of sp³-hybridized carbons (Fsp3) is 0.938. The molecule has 3 nitrogen and oxygen atoms in total. The summed E-state index contributed by atoms with van der Waals surface area (Å²) in [6.45, 7) is 4.72. The summed E-state index contributed by atoms with van der Waals surface area (Å²) in [6.07, 6.45) is 9.19. The summed E-state index contributed by atoms with van der Waals surface area (Å²) < 4.78 is 0. The highest BCUT2D eigenvalue weighted by Crippen LogP contribution is 2.57. The Bertz CT molecular complexity index is 254. The van der Waals surface area contributed by atoms with Crippen LogP contribution in [-0.2, 0) is 0 Å². The summed E-state index contributed by atoms with van der Waals surface area (Å²) in [6, 6.07) is 2.33. The zero-order valence-electron chi connectivity index (χ0n) is 13.2. The lowest BCUT2D eigenvalue weighted by Gasteiger charge is -2.53. The van der Waals surface area contributed by atoms with Gasteiger partial charge in [0.15, 0.2) is 0 Å². The lowest BCUT2D eigenvalue weighted by atomic mass is 9.52. The Labute approximate surface area is 119 Å². The maximum atomic E-state index is 8.68. The van der Waals surface area contributed by atoms with Crippen LogP contribution < -0.4 is 5.73 Å². The highest BCUT2D eigenvalue weighted by molar-refractivity contribution is 4.98. The third-order valence-corrected chi connectivity index (χ3v) is 4.88. The van der Waals surface area contributed by atoms with Crippen molar-refractivity contribution in [3.05, 3.63) is 0 Å². The van der Waals surface area contributed by atoms with E-state index in [0.717, 1.165) is 36.7 Å². The molecular weight excluding hydrogens is 236 g/mol. The molecular formula is C16H32N2O. The number of nitrogens with two attached hydrogens (primary N) is 1. The van der Waals surface area contributed by atoms with Crippen molar-refractivity contribution >= 4 is 0 Å². The summed E-state index contributed by atoms with van der Waals surface area (Å²) in [5.41, 5.74) is 5.22. The normalized spacial score (nSPS) is 32.3. The van der Waals surface area contributed by atoms with E-state index in [9.17, 15) is 0 Å². The van der Waals surface area contributed by atoms with Crippen LogP contribution in [0.4, 0.5) is 0 Å². The van der Waals surface area contributed by atoms with Gasteiger partial charge in [-0.2, -0.15) is 5.26 Å². The van der Waals surface area contributed by atoms with Crippen LogP contribution in [0.25, 0.3) is 0 Å². The number of aliphatic hydroxyl groups is 1. The highest BCUT2D eigenvalue weighted by atomic mass is 16.2. The maximum absolute atomic E-state index is 8.68. The molecule has 2 saturated carbocycles. The van der Waals surface area contributed by atoms with Crippen molar-refractivity contribution in [1.82, 2.24) is 0 Å². The van der Waals surface area contributed by atoms with Gasteiger partial charge >= 0.3 is 0 Å². The van der Waals surface area contributed by atoms with Gasteiger partial charge in [-0.3, -0.25) is 0 Å². The first-order chi connectivity index (χ1) is 9.15. The van der Waals surface area contributed by atoms with Gasteiger partial charge in [-0.05, 0) is 68.7 Å². The van der Waals surface area contributed by atoms with E-state index in [2.05, 4.69) is 25.7 Å². The summed E-state index contributed by atoms with van der Waals surface area (Å²) >= 11 is 0. The molecule has 0 aromatic rings. The third-order valence-electron chi connectivity index (χ3n) is 4.88. The van der Waals surface area contributed by atoms with Gasteiger partial charge in [0, 0.05) is 13.5 Å². The molecule has 2 aliphatic rings. The first kappa shape index (κ1) is 18.4. The molecule has 0 aliphatic heterocycles. The Hall–Kier alpha value is -0.590. The van der Waals surface area contributed by atoms with Crippen LogP contribution in [-0.4, -0.2) is 19.3 Å². The van der Waals surface area contributed by atoms with E-state index in [-0.39, 0.29) is 0 Å². The molecule has 2 rings (SSSR count). The molecule has 0 aromatic heterocycles. The quantitative estimate of drug-likeness (QED) is 0.807. The Balaban J connectivity index is 0.000000741. The first-order valence-electron chi connectivity index (χ1n) is 7.55. The van der Waals surface area contributed by atoms with Crippen molar-refractivity contribution in [2.24, 2.45) is 28.9 Å². The standard InChI is InChI=1S/C14H23N.CH5N.CH4O/c1-11(2)13-9-14(10-13)6-3-12(4-7-14)5-8-15;2*1-2/h11-13H,3-7,9-10H2,1-2H3;2H2,1H3;2H,1H3. The molecule has 3 heteroatoms. The minimum atomic E-state index is 0.721. The Morgan fingerprint density at radius 3 is 2.05 bits per heavy atom. The second-order valence-corrected chi connectivity index (χ2v) is 6.22. The molecule has 2 aliphatic carbocycles. The molecule has 0 radical (unpaired) electrons. The molecule has 0 amide bonds. The topological polar surface area (TPSA) is 70.0 Å². The highest BCUT2D eigenvalue weighted by Gasteiger charge is 2.46. The fourth-order valence-electron chi connectivity index (χ4n) is 3.56. The van der Waals surface area contributed by atoms with Crippen LogP contribution in [0, 0.1) is 34.5 Å². The Morgan fingerprint density at radius 2 is 1.68 bits per heavy atom. The second-order valence-electron chi connectivity index (χ2n) is 6.22. The summed E-state index contributed by atoms with van der Waals surface area (Å²) in [5.74, 6) is 2.60. The van der Waals surface area contributed by atoms with Crippen molar-refractivity contribution in [3.63, 3.8) is 0 Å². The summed E-state index contributed by atoms with van der Waals surface area (Å²) in [5, 5.41) is 15.7. The zero-order valence-corrected chi connectivity index (χ0v) is 13.2. The van der Waals surface area contributed by atoms with E-state index in [4.69, 9.17) is 10.4 Å². The molecule has 3 N–H and O–H groups in total. The molecule has 112 valence electrons. The minimum absolute atomic E-state index is 0.721. The van der Waals surface area contributed by atoms with E-state index in [1.165, 1.54) is 45.6 Å². The van der Waals surface area contributed by atoms with E-state index in [0.29, 0.717) is 0 Å². The van der Waals surface area contributed by atoms with Crippen molar-refractivity contribution in [3.8, 4) is 6.07 Å². The van der Waals surface area contributed by atoms with Crippen molar-refractivity contribution in [1.29, 1.82) is 5.26 Å². The van der Waals surface area contributed by atoms with Crippen LogP contribution in [0.15, 0.2) is 0 Å². The number of aliphatic hydroxyl groups excluding tert-OH is 1. The summed E-state index contributed by atoms with van der Waals surface area (Å²) in [7, 11) is 2.50. The molecule has 0 bridgehead atoms. The Kier molecular flexibility index (Phi) is 9.05. The number of hydrogen-bond acceptors (Lipinski definition) is 3. The van der Waals surface area contributed by atoms with Gasteiger partial charge in [0.2, 0.25) is 0 Å². The summed E-state index contributed by atoms with van der Waals surface area (Å²) in [4.78, 5) is 0. The van der Waals surface area contributed by atoms with Gasteiger partial charge in [-0.15, -0.1) is 0 Å². The van der Waals surface area contributed by atoms with Gasteiger partial charge < -0.3 is 10.8 Å². The predicted molar refractivity (Wildman–Crippen MR) is 80.4 cm³/mol. The Morgan fingerprint density at radius 1 is 1.21 bits per heavy atom. The maximum Gasteiger partial charge on any atom is 0.0624 e. The number of hydrogen-bond donors (Lipinski definition) is 2. The van der Waals surface area contributed by atoms with Gasteiger partial charge in [-0.1, -0.05) is 13.8 Å². The zero-order chi connectivity index (χ0) is 14.9. The van der Waals surface area contributed by atoms with Crippen LogP contribution in [0.3, 0.4) is 0 Å². The van der Waals surface area contributed by atoms with Gasteiger partial charge in [0.05, 0.1) is 6.07 Å². The average Bonchev–Trinajstić information content (AvgIpc) is 2.42. The molecule has 0 unspecified atom stereocenters. The van der Waals surface area contributed by atoms with Crippen molar-refractivity contribution in [2.45, 2.75) is 58.8 Å². The monoisotopic (exact) mass is 268 g/mol. The first-order valence-corrected chi connectivity index (χ1v) is 7.55. The average molecular weight is 268 g/mol. The molecule has 0 atom stereocenters. The molecule has 0 saturated heterocycles. The SMILES string of the molecule is CC(C)C1CC2(CCC(CC#N)CC2)C1.CN.CO. The van der Waals surface area contributed by atoms with Crippen LogP contribution in [0.1, 0.15) is 58.8 Å². The van der Waals surface area contributed by atoms with Gasteiger partial charge in [0.1, 0.15) is 0 Å². The van der Waals surface area contributed by atoms with Crippen LogP contribution in [0.5, 0.6) is 0 Å². The molecule has 1 spiro atoms. The van der Waals surface area contributed by atoms with E-state index >= 15 is 0 Å². The van der Waals surface area contributed by atoms with Crippen molar-refractivity contribution < 1.29 is 5.11 Å². The number of nitrogens with zero attached hydrogens (tertiary/aromatic N) is 1. The molecule has 2 fully saturated rings. The lowest BCUT2D eigenvalue weighted by Crippen LogP contribution is -2.42. The van der Waals surface area contributed by atoms with Crippen molar-refractivity contribution in [2.75, 3.05) is 14.2 Å². The minimum Gasteiger partial charge on any atom is -0.400 e. The second kappa shape index (κ2) is 9.34. The molecule has 0 heterocycles. The van der Waals surface area contributed by atoms with E-state index < -0.39 is 0 Å². The van der Waals surface area contributed by atoms with E-state index in [1.54, 1.807) is 0 Å². The predicted octanol–water partition coefficient (Wildman–Crippen LogP) is 3.33. The number of rotatable bonds is 2. The smallest absolute Gasteiger partial charge is 0.0624 e. The molecule has 0 aromatic carbocycles. The fourth-order valence-corrected chi connectivity index (χ4v) is 3.56. The third kappa shape index (κ3) is 5.12.